The van der Waals surface area contributed by atoms with Crippen LogP contribution in [0.15, 0.2) is 5.16 Å². The first-order valence-electron chi connectivity index (χ1n) is 7.49. The molecular weight excluding hydrogens is 288 g/mol. The molecule has 0 atom stereocenters. The first-order chi connectivity index (χ1) is 10.1. The molecule has 2 N–H and O–H groups in total. The second-order valence-electron chi connectivity index (χ2n) is 5.27. The Kier molecular flexibility index (Phi) is 9.00. The topological polar surface area (TPSA) is 84.7 Å². The Balaban J connectivity index is 2.26. The summed E-state index contributed by atoms with van der Waals surface area (Å²) in [6.07, 6.45) is 2.09. The van der Waals surface area contributed by atoms with Gasteiger partial charge in [-0.05, 0) is 29.3 Å². The Morgan fingerprint density at radius 1 is 1.38 bits per heavy atom. The van der Waals surface area contributed by atoms with E-state index < -0.39 is 0 Å². The van der Waals surface area contributed by atoms with E-state index in [1.165, 1.54) is 11.8 Å². The van der Waals surface area contributed by atoms with Gasteiger partial charge in [0.15, 0.2) is 0 Å². The average molecular weight is 314 g/mol. The normalized spacial score (nSPS) is 11.0. The second-order valence-corrected chi connectivity index (χ2v) is 6.22. The summed E-state index contributed by atoms with van der Waals surface area (Å²) in [6.45, 7) is 9.68. The fourth-order valence-corrected chi connectivity index (χ4v) is 2.33. The zero-order valence-electron chi connectivity index (χ0n) is 13.1. The van der Waals surface area contributed by atoms with Gasteiger partial charge in [-0.3, -0.25) is 4.79 Å². The number of hydrogen-bond donors (Lipinski definition) is 2. The van der Waals surface area contributed by atoms with Gasteiger partial charge in [0.25, 0.3) is 0 Å². The summed E-state index contributed by atoms with van der Waals surface area (Å²) in [4.78, 5) is 11.6. The van der Waals surface area contributed by atoms with Crippen molar-refractivity contribution < 1.29 is 4.79 Å². The molecule has 0 radical (unpaired) electrons. The molecule has 0 aliphatic heterocycles. The number of carbonyl (C=O) groups is 1. The first-order valence-corrected chi connectivity index (χ1v) is 8.48. The van der Waals surface area contributed by atoms with Crippen molar-refractivity contribution in [1.29, 1.82) is 0 Å². The quantitative estimate of drug-likeness (QED) is 0.467. The van der Waals surface area contributed by atoms with Gasteiger partial charge in [0.1, 0.15) is 0 Å². The van der Waals surface area contributed by atoms with Crippen LogP contribution in [-0.4, -0.2) is 51.5 Å². The third-order valence-corrected chi connectivity index (χ3v) is 3.69. The Morgan fingerprint density at radius 3 is 2.90 bits per heavy atom. The minimum absolute atomic E-state index is 0.0286. The average Bonchev–Trinajstić information content (AvgIpc) is 2.89. The highest BCUT2D eigenvalue weighted by molar-refractivity contribution is 7.99. The maximum Gasteiger partial charge on any atom is 0.230 e. The summed E-state index contributed by atoms with van der Waals surface area (Å²) in [7, 11) is 0. The van der Waals surface area contributed by atoms with Crippen LogP contribution < -0.4 is 10.6 Å². The van der Waals surface area contributed by atoms with Crippen LogP contribution in [0.25, 0.3) is 0 Å². The lowest BCUT2D eigenvalue weighted by Gasteiger charge is -2.08. The predicted octanol–water partition coefficient (Wildman–Crippen LogP) is 0.927. The first kappa shape index (κ1) is 17.9. The van der Waals surface area contributed by atoms with Crippen LogP contribution in [0.4, 0.5) is 0 Å². The van der Waals surface area contributed by atoms with Crippen molar-refractivity contribution in [3.8, 4) is 0 Å². The lowest BCUT2D eigenvalue weighted by molar-refractivity contribution is -0.118. The molecule has 0 spiro atoms. The SMILES string of the molecule is CCCCNC(=O)CSc1nnnn1CCNCC(C)C. The molecule has 1 rings (SSSR count). The lowest BCUT2D eigenvalue weighted by atomic mass is 10.2. The van der Waals surface area contributed by atoms with Crippen molar-refractivity contribution in [2.24, 2.45) is 5.92 Å². The van der Waals surface area contributed by atoms with Crippen LogP contribution in [0.2, 0.25) is 0 Å². The zero-order chi connectivity index (χ0) is 15.5. The summed E-state index contributed by atoms with van der Waals surface area (Å²) in [5.41, 5.74) is 0. The van der Waals surface area contributed by atoms with Gasteiger partial charge < -0.3 is 10.6 Å². The van der Waals surface area contributed by atoms with E-state index in [-0.39, 0.29) is 5.91 Å². The maximum atomic E-state index is 11.6. The molecule has 0 saturated heterocycles. The number of thioether (sulfide) groups is 1. The van der Waals surface area contributed by atoms with Crippen molar-refractivity contribution in [1.82, 2.24) is 30.8 Å². The highest BCUT2D eigenvalue weighted by Gasteiger charge is 2.09. The fraction of sp³-hybridized carbons (Fsp3) is 0.846. The number of rotatable bonds is 11. The third kappa shape index (κ3) is 8.01. The zero-order valence-corrected chi connectivity index (χ0v) is 13.9. The molecule has 0 unspecified atom stereocenters. The van der Waals surface area contributed by atoms with E-state index in [1.54, 1.807) is 4.68 Å². The highest BCUT2D eigenvalue weighted by Crippen LogP contribution is 2.12. The monoisotopic (exact) mass is 314 g/mol. The van der Waals surface area contributed by atoms with Gasteiger partial charge in [-0.25, -0.2) is 4.68 Å². The predicted molar refractivity (Wildman–Crippen MR) is 84.2 cm³/mol. The Hall–Kier alpha value is -1.15. The number of nitrogens with one attached hydrogen (secondary N) is 2. The van der Waals surface area contributed by atoms with E-state index in [0.29, 0.717) is 23.4 Å². The molecule has 120 valence electrons. The molecule has 8 heteroatoms. The Morgan fingerprint density at radius 2 is 2.19 bits per heavy atom. The summed E-state index contributed by atoms with van der Waals surface area (Å²) >= 11 is 1.37. The molecular formula is C13H26N6OS. The van der Waals surface area contributed by atoms with Gasteiger partial charge in [-0.2, -0.15) is 0 Å². The van der Waals surface area contributed by atoms with Crippen LogP contribution in [0.3, 0.4) is 0 Å². The van der Waals surface area contributed by atoms with Crippen LogP contribution in [0.5, 0.6) is 0 Å². The van der Waals surface area contributed by atoms with Crippen LogP contribution >= 0.6 is 11.8 Å². The van der Waals surface area contributed by atoms with Crippen molar-refractivity contribution >= 4 is 17.7 Å². The van der Waals surface area contributed by atoms with Crippen LogP contribution in [0.1, 0.15) is 33.6 Å². The van der Waals surface area contributed by atoms with Crippen molar-refractivity contribution in [2.75, 3.05) is 25.4 Å². The number of unbranched alkanes of at least 4 members (excludes halogenated alkanes) is 1. The van der Waals surface area contributed by atoms with Crippen LogP contribution in [0, 0.1) is 5.92 Å². The molecule has 0 bridgehead atoms. The van der Waals surface area contributed by atoms with E-state index in [1.807, 2.05) is 0 Å². The molecule has 1 aromatic rings. The summed E-state index contributed by atoms with van der Waals surface area (Å²) in [6, 6.07) is 0. The fourth-order valence-electron chi connectivity index (χ4n) is 1.60. The van der Waals surface area contributed by atoms with Gasteiger partial charge in [-0.15, -0.1) is 5.10 Å². The number of tetrazole rings is 1. The summed E-state index contributed by atoms with van der Waals surface area (Å²) < 4.78 is 1.73. The van der Waals surface area contributed by atoms with Gasteiger partial charge in [0, 0.05) is 13.1 Å². The molecule has 7 nitrogen and oxygen atoms in total. The maximum absolute atomic E-state index is 11.6. The molecule has 1 amide bonds. The minimum Gasteiger partial charge on any atom is -0.355 e. The molecule has 0 aromatic carbocycles. The van der Waals surface area contributed by atoms with Crippen LogP contribution in [-0.2, 0) is 11.3 Å². The number of nitrogens with zero attached hydrogens (tertiary/aromatic N) is 4. The number of hydrogen-bond acceptors (Lipinski definition) is 6. The molecule has 1 aromatic heterocycles. The van der Waals surface area contributed by atoms with Gasteiger partial charge >= 0.3 is 0 Å². The highest BCUT2D eigenvalue weighted by atomic mass is 32.2. The number of amides is 1. The summed E-state index contributed by atoms with van der Waals surface area (Å²) in [5.74, 6) is 1.00. The largest absolute Gasteiger partial charge is 0.355 e. The molecule has 1 heterocycles. The molecule has 0 aliphatic rings. The van der Waals surface area contributed by atoms with Crippen molar-refractivity contribution in [3.05, 3.63) is 0 Å². The second kappa shape index (κ2) is 10.6. The standard InChI is InChI=1S/C13H26N6OS/c1-4-5-6-15-12(20)10-21-13-16-17-18-19(13)8-7-14-9-11(2)3/h11,14H,4-10H2,1-3H3,(H,15,20). The van der Waals surface area contributed by atoms with E-state index in [9.17, 15) is 4.79 Å². The van der Waals surface area contributed by atoms with E-state index in [2.05, 4.69) is 46.9 Å². The molecule has 0 fully saturated rings. The van der Waals surface area contributed by atoms with E-state index in [0.717, 1.165) is 32.5 Å². The van der Waals surface area contributed by atoms with Crippen molar-refractivity contribution in [2.45, 2.75) is 45.3 Å². The Labute approximate surface area is 130 Å². The third-order valence-electron chi connectivity index (χ3n) is 2.74. The molecule has 0 saturated carbocycles. The number of carbonyl (C=O) groups excluding carboxylic acids is 1. The van der Waals surface area contributed by atoms with Gasteiger partial charge in [0.2, 0.25) is 11.1 Å². The smallest absolute Gasteiger partial charge is 0.230 e. The van der Waals surface area contributed by atoms with E-state index in [4.69, 9.17) is 0 Å². The molecule has 0 aliphatic carbocycles. The lowest BCUT2D eigenvalue weighted by Crippen LogP contribution is -2.26. The van der Waals surface area contributed by atoms with Crippen molar-refractivity contribution in [3.63, 3.8) is 0 Å². The van der Waals surface area contributed by atoms with Gasteiger partial charge in [0.05, 0.1) is 12.3 Å². The molecule has 21 heavy (non-hydrogen) atoms. The summed E-state index contributed by atoms with van der Waals surface area (Å²) in [5, 5.41) is 18.5. The van der Waals surface area contributed by atoms with Gasteiger partial charge in [-0.1, -0.05) is 39.0 Å². The number of aromatic nitrogens is 4. The van der Waals surface area contributed by atoms with E-state index >= 15 is 0 Å². The Bertz CT molecular complexity index is 409. The minimum atomic E-state index is 0.0286.